The number of nitrogens with zero attached hydrogens (tertiary/aromatic N) is 1. The van der Waals surface area contributed by atoms with Crippen molar-refractivity contribution in [1.82, 2.24) is 0 Å². The number of hydrogen-bond acceptors (Lipinski definition) is 4. The number of benzene rings is 2. The summed E-state index contributed by atoms with van der Waals surface area (Å²) in [5.74, 6) is 0.789. The Hall–Kier alpha value is -1.96. The first-order valence-corrected chi connectivity index (χ1v) is 8.91. The van der Waals surface area contributed by atoms with E-state index in [4.69, 9.17) is 9.47 Å². The van der Waals surface area contributed by atoms with Gasteiger partial charge in [-0.2, -0.15) is 12.2 Å². The van der Waals surface area contributed by atoms with E-state index in [1.54, 1.807) is 24.3 Å². The maximum absolute atomic E-state index is 12.6. The number of rotatable bonds is 6. The summed E-state index contributed by atoms with van der Waals surface area (Å²) in [5.41, 5.74) is 0.421. The van der Waals surface area contributed by atoms with Crippen molar-refractivity contribution in [3.8, 4) is 17.6 Å². The van der Waals surface area contributed by atoms with Gasteiger partial charge in [0.2, 0.25) is 6.10 Å². The molecule has 0 heterocycles. The summed E-state index contributed by atoms with van der Waals surface area (Å²) < 4.78 is 11.3. The summed E-state index contributed by atoms with van der Waals surface area (Å²) in [6.45, 7) is 5.85. The average molecular weight is 449 g/mol. The Kier molecular flexibility index (Phi) is 7.58. The molecular formula is C23H22NO3Y+2. The zero-order chi connectivity index (χ0) is 19.4. The van der Waals surface area contributed by atoms with Gasteiger partial charge in [-0.25, -0.2) is 0 Å². The quantitative estimate of drug-likeness (QED) is 0.447. The van der Waals surface area contributed by atoms with E-state index in [0.717, 1.165) is 0 Å². The molecule has 4 nitrogen and oxygen atoms in total. The van der Waals surface area contributed by atoms with Gasteiger partial charge in [0.1, 0.15) is 17.6 Å². The third kappa shape index (κ3) is 4.90. The van der Waals surface area contributed by atoms with Crippen molar-refractivity contribution in [3.63, 3.8) is 0 Å². The molecule has 1 fully saturated rings. The number of carbonyl (C=O) groups is 1. The van der Waals surface area contributed by atoms with E-state index in [9.17, 15) is 10.1 Å². The van der Waals surface area contributed by atoms with E-state index < -0.39 is 6.10 Å². The summed E-state index contributed by atoms with van der Waals surface area (Å²) in [6, 6.07) is 18.5. The number of para-hydroxylation sites is 1. The van der Waals surface area contributed by atoms with Crippen molar-refractivity contribution >= 4 is 5.97 Å². The fraction of sp³-hybridized carbons (Fsp3) is 0.304. The van der Waals surface area contributed by atoms with Crippen LogP contribution in [0.3, 0.4) is 0 Å². The number of ether oxygens (including phenoxy) is 2. The fourth-order valence-electron chi connectivity index (χ4n) is 3.34. The molecule has 138 valence electrons. The van der Waals surface area contributed by atoms with Gasteiger partial charge in [0.05, 0.1) is 5.92 Å². The van der Waals surface area contributed by atoms with Crippen LogP contribution in [-0.4, -0.2) is 5.97 Å². The number of allylic oxidation sites excluding steroid dienone is 2. The zero-order valence-corrected chi connectivity index (χ0v) is 19.1. The van der Waals surface area contributed by atoms with Crippen LogP contribution >= 0.6 is 0 Å². The van der Waals surface area contributed by atoms with Crippen LogP contribution < -0.4 is 4.74 Å². The van der Waals surface area contributed by atoms with Crippen molar-refractivity contribution in [2.75, 3.05) is 0 Å². The fourth-order valence-corrected chi connectivity index (χ4v) is 3.34. The Bertz CT molecular complexity index is 886. The summed E-state index contributed by atoms with van der Waals surface area (Å²) in [4.78, 5) is 12.6. The SMILES string of the molecule is C[C-]=CC1C(C(=O)OC(C#N)c2cccc(Oc3ccccc3)c2)C1(C)C.[Y+3]. The van der Waals surface area contributed by atoms with Gasteiger partial charge in [-0.05, 0) is 35.6 Å². The molecule has 5 heteroatoms. The Morgan fingerprint density at radius 1 is 1.18 bits per heavy atom. The van der Waals surface area contributed by atoms with Crippen LogP contribution in [0.4, 0.5) is 0 Å². The molecule has 2 aromatic rings. The smallest absolute Gasteiger partial charge is 0.503 e. The van der Waals surface area contributed by atoms with Gasteiger partial charge in [0.25, 0.3) is 0 Å². The molecule has 0 bridgehead atoms. The standard InChI is InChI=1S/C23H22NO3.Y/c1-4-9-19-21(23(19,2)3)22(25)27-20(15-24)16-10-8-13-18(14-16)26-17-11-6-5-7-12-17;/h5-14,19-21H,1-3H3;/q-1;+3. The first kappa shape index (κ1) is 22.3. The van der Waals surface area contributed by atoms with Crippen LogP contribution in [0.5, 0.6) is 11.5 Å². The molecule has 3 rings (SSSR count). The summed E-state index contributed by atoms with van der Waals surface area (Å²) >= 11 is 0. The van der Waals surface area contributed by atoms with Crippen LogP contribution in [-0.2, 0) is 42.2 Å². The van der Waals surface area contributed by atoms with Crippen molar-refractivity contribution in [2.45, 2.75) is 26.9 Å². The number of nitriles is 1. The van der Waals surface area contributed by atoms with Gasteiger partial charge in [0.15, 0.2) is 0 Å². The van der Waals surface area contributed by atoms with Gasteiger partial charge >= 0.3 is 38.7 Å². The van der Waals surface area contributed by atoms with Crippen LogP contribution in [0, 0.1) is 34.7 Å². The molecule has 0 spiro atoms. The summed E-state index contributed by atoms with van der Waals surface area (Å²) in [7, 11) is 0. The number of hydrogen-bond donors (Lipinski definition) is 0. The summed E-state index contributed by atoms with van der Waals surface area (Å²) in [5, 5.41) is 9.52. The van der Waals surface area contributed by atoms with E-state index in [2.05, 4.69) is 12.1 Å². The van der Waals surface area contributed by atoms with Gasteiger partial charge in [0, 0.05) is 5.56 Å². The molecule has 28 heavy (non-hydrogen) atoms. The van der Waals surface area contributed by atoms with E-state index >= 15 is 0 Å². The van der Waals surface area contributed by atoms with Gasteiger partial charge in [-0.1, -0.05) is 44.2 Å². The molecule has 1 aliphatic rings. The third-order valence-electron chi connectivity index (χ3n) is 5.00. The summed E-state index contributed by atoms with van der Waals surface area (Å²) in [6.07, 6.45) is 3.92. The molecule has 3 atom stereocenters. The van der Waals surface area contributed by atoms with Crippen LogP contribution in [0.15, 0.2) is 60.7 Å². The maximum atomic E-state index is 12.6. The second kappa shape index (κ2) is 9.50. The molecule has 0 radical (unpaired) electrons. The Morgan fingerprint density at radius 3 is 2.50 bits per heavy atom. The van der Waals surface area contributed by atoms with E-state index in [0.29, 0.717) is 17.1 Å². The van der Waals surface area contributed by atoms with E-state index in [1.807, 2.05) is 57.2 Å². The average Bonchev–Trinajstić information content (AvgIpc) is 3.21. The molecule has 0 aromatic heterocycles. The predicted octanol–water partition coefficient (Wildman–Crippen LogP) is 5.24. The second-order valence-corrected chi connectivity index (χ2v) is 7.21. The molecule has 0 amide bonds. The molecule has 0 N–H and O–H groups in total. The van der Waals surface area contributed by atoms with E-state index in [-0.39, 0.29) is 55.9 Å². The molecule has 0 aliphatic heterocycles. The monoisotopic (exact) mass is 449 g/mol. The minimum atomic E-state index is -0.969. The Morgan fingerprint density at radius 2 is 1.86 bits per heavy atom. The third-order valence-corrected chi connectivity index (χ3v) is 5.00. The minimum absolute atomic E-state index is 0. The number of carbonyl (C=O) groups excluding carboxylic acids is 1. The molecule has 1 saturated carbocycles. The van der Waals surface area contributed by atoms with Gasteiger partial charge < -0.3 is 15.5 Å². The first-order valence-electron chi connectivity index (χ1n) is 8.91. The molecule has 2 aromatic carbocycles. The van der Waals surface area contributed by atoms with Crippen LogP contribution in [0.1, 0.15) is 32.4 Å². The normalized spacial score (nSPS) is 20.5. The van der Waals surface area contributed by atoms with Crippen LogP contribution in [0.2, 0.25) is 0 Å². The molecule has 0 saturated heterocycles. The predicted molar refractivity (Wildman–Crippen MR) is 102 cm³/mol. The largest absolute Gasteiger partial charge is 3.00 e. The van der Waals surface area contributed by atoms with Crippen molar-refractivity contribution in [1.29, 1.82) is 5.26 Å². The minimum Gasteiger partial charge on any atom is -0.503 e. The van der Waals surface area contributed by atoms with Crippen molar-refractivity contribution in [2.24, 2.45) is 17.3 Å². The topological polar surface area (TPSA) is 59.3 Å². The maximum Gasteiger partial charge on any atom is 3.00 e. The Balaban J connectivity index is 0.00000280. The molecular weight excluding hydrogens is 427 g/mol. The van der Waals surface area contributed by atoms with Gasteiger partial charge in [-0.3, -0.25) is 10.9 Å². The molecule has 3 unspecified atom stereocenters. The molecule has 1 aliphatic carbocycles. The van der Waals surface area contributed by atoms with Gasteiger partial charge in [-0.15, -0.1) is 0 Å². The number of esters is 1. The first-order chi connectivity index (χ1) is 13.0. The van der Waals surface area contributed by atoms with E-state index in [1.165, 1.54) is 0 Å². The van der Waals surface area contributed by atoms with Crippen molar-refractivity contribution < 1.29 is 47.0 Å². The zero-order valence-electron chi connectivity index (χ0n) is 16.3. The second-order valence-electron chi connectivity index (χ2n) is 7.21. The van der Waals surface area contributed by atoms with Crippen molar-refractivity contribution in [3.05, 3.63) is 72.3 Å². The Labute approximate surface area is 191 Å². The van der Waals surface area contributed by atoms with Crippen LogP contribution in [0.25, 0.3) is 0 Å².